The van der Waals surface area contributed by atoms with Crippen molar-refractivity contribution in [2.45, 2.75) is 39.5 Å². The summed E-state index contributed by atoms with van der Waals surface area (Å²) in [5.41, 5.74) is 6.06. The van der Waals surface area contributed by atoms with Crippen LogP contribution in [0.1, 0.15) is 36.0 Å². The number of hydrogen-bond donors (Lipinski definition) is 2. The molecule has 4 rings (SSSR count). The molecule has 0 unspecified atom stereocenters. The Hall–Kier alpha value is -2.16. The van der Waals surface area contributed by atoms with Crippen LogP contribution in [0, 0.1) is 19.3 Å². The van der Waals surface area contributed by atoms with E-state index in [-0.39, 0.29) is 0 Å². The molecule has 2 aromatic rings. The van der Waals surface area contributed by atoms with Gasteiger partial charge in [0.25, 0.3) is 0 Å². The van der Waals surface area contributed by atoms with Crippen molar-refractivity contribution in [1.29, 1.82) is 0 Å². The highest BCUT2D eigenvalue weighted by atomic mass is 16.3. The lowest BCUT2D eigenvalue weighted by Crippen LogP contribution is -2.46. The fraction of sp³-hybridized carbons (Fsp3) is 0.400. The third kappa shape index (κ3) is 2.18. The first kappa shape index (κ1) is 14.4. The molecule has 0 saturated heterocycles. The van der Waals surface area contributed by atoms with Gasteiger partial charge in [0, 0.05) is 17.9 Å². The minimum atomic E-state index is 0.294. The molecule has 1 spiro atoms. The molecule has 0 radical (unpaired) electrons. The average Bonchev–Trinajstić information content (AvgIpc) is 2.51. The highest BCUT2D eigenvalue weighted by Crippen LogP contribution is 2.53. The summed E-state index contributed by atoms with van der Waals surface area (Å²) in [7, 11) is 0. The third-order valence-corrected chi connectivity index (χ3v) is 5.82. The van der Waals surface area contributed by atoms with Crippen LogP contribution in [0.15, 0.2) is 30.3 Å². The molecule has 3 nitrogen and oxygen atoms in total. The van der Waals surface area contributed by atoms with Crippen LogP contribution in [0.25, 0.3) is 0 Å². The zero-order chi connectivity index (χ0) is 16.2. The van der Waals surface area contributed by atoms with E-state index in [1.54, 1.807) is 12.1 Å². The van der Waals surface area contributed by atoms with Crippen molar-refractivity contribution in [3.8, 4) is 11.5 Å². The molecule has 23 heavy (non-hydrogen) atoms. The van der Waals surface area contributed by atoms with Crippen LogP contribution in [-0.2, 0) is 6.42 Å². The number of phenols is 2. The summed E-state index contributed by atoms with van der Waals surface area (Å²) in [5.74, 6) is 0.700. The monoisotopic (exact) mass is 309 g/mol. The Morgan fingerprint density at radius 2 is 1.70 bits per heavy atom. The fourth-order valence-corrected chi connectivity index (χ4v) is 4.20. The summed E-state index contributed by atoms with van der Waals surface area (Å²) in [5, 5.41) is 19.9. The maximum absolute atomic E-state index is 10.3. The minimum absolute atomic E-state index is 0.294. The number of anilines is 2. The minimum Gasteiger partial charge on any atom is -0.508 e. The van der Waals surface area contributed by atoms with E-state index in [0.717, 1.165) is 29.8 Å². The van der Waals surface area contributed by atoms with Gasteiger partial charge in [0.15, 0.2) is 0 Å². The molecular weight excluding hydrogens is 286 g/mol. The molecule has 0 aromatic heterocycles. The predicted molar refractivity (Wildman–Crippen MR) is 92.7 cm³/mol. The largest absolute Gasteiger partial charge is 0.508 e. The summed E-state index contributed by atoms with van der Waals surface area (Å²) in [6.45, 7) is 5.10. The van der Waals surface area contributed by atoms with E-state index < -0.39 is 0 Å². The van der Waals surface area contributed by atoms with Crippen LogP contribution in [0.2, 0.25) is 0 Å². The van der Waals surface area contributed by atoms with Crippen molar-refractivity contribution in [3.05, 3.63) is 47.0 Å². The van der Waals surface area contributed by atoms with Crippen LogP contribution in [-0.4, -0.2) is 16.8 Å². The quantitative estimate of drug-likeness (QED) is 0.810. The lowest BCUT2D eigenvalue weighted by atomic mass is 9.63. The highest BCUT2D eigenvalue weighted by Gasteiger charge is 2.43. The van der Waals surface area contributed by atoms with Crippen molar-refractivity contribution in [3.63, 3.8) is 0 Å². The van der Waals surface area contributed by atoms with E-state index in [2.05, 4.69) is 11.8 Å². The maximum Gasteiger partial charge on any atom is 0.119 e. The number of rotatable bonds is 1. The number of nitrogens with zero attached hydrogens (tertiary/aromatic N) is 1. The summed E-state index contributed by atoms with van der Waals surface area (Å²) in [6.07, 6.45) is 4.88. The number of aromatic hydroxyl groups is 2. The molecule has 2 N–H and O–H groups in total. The Morgan fingerprint density at radius 3 is 2.30 bits per heavy atom. The van der Waals surface area contributed by atoms with Gasteiger partial charge in [0.1, 0.15) is 11.5 Å². The fourth-order valence-electron chi connectivity index (χ4n) is 4.20. The van der Waals surface area contributed by atoms with Gasteiger partial charge in [-0.3, -0.25) is 0 Å². The van der Waals surface area contributed by atoms with Gasteiger partial charge >= 0.3 is 0 Å². The van der Waals surface area contributed by atoms with Gasteiger partial charge in [0.05, 0.1) is 0 Å². The normalized spacial score (nSPS) is 18.6. The Kier molecular flexibility index (Phi) is 3.09. The number of benzene rings is 2. The Labute approximate surface area is 137 Å². The molecule has 1 aliphatic heterocycles. The van der Waals surface area contributed by atoms with Crippen molar-refractivity contribution >= 4 is 11.4 Å². The summed E-state index contributed by atoms with van der Waals surface area (Å²) < 4.78 is 0. The molecular formula is C20H23NO2. The molecule has 120 valence electrons. The number of phenolic OH excluding ortho intramolecular Hbond substituents is 2. The molecule has 2 aliphatic rings. The predicted octanol–water partition coefficient (Wildman–Crippen LogP) is 4.58. The molecule has 1 saturated carbocycles. The van der Waals surface area contributed by atoms with Crippen LogP contribution >= 0.6 is 0 Å². The first-order valence-corrected chi connectivity index (χ1v) is 8.38. The van der Waals surface area contributed by atoms with Gasteiger partial charge in [-0.25, -0.2) is 0 Å². The third-order valence-electron chi connectivity index (χ3n) is 5.82. The molecule has 1 fully saturated rings. The molecule has 0 atom stereocenters. The Bertz CT molecular complexity index is 760. The highest BCUT2D eigenvalue weighted by molar-refractivity contribution is 5.74. The van der Waals surface area contributed by atoms with Crippen molar-refractivity contribution in [2.24, 2.45) is 5.41 Å². The topological polar surface area (TPSA) is 43.7 Å². The van der Waals surface area contributed by atoms with E-state index in [9.17, 15) is 10.2 Å². The lowest BCUT2D eigenvalue weighted by molar-refractivity contribution is 0.138. The van der Waals surface area contributed by atoms with E-state index in [4.69, 9.17) is 0 Å². The molecule has 3 heteroatoms. The summed E-state index contributed by atoms with van der Waals surface area (Å²) >= 11 is 0. The van der Waals surface area contributed by atoms with E-state index >= 15 is 0 Å². The lowest BCUT2D eigenvalue weighted by Gasteiger charge is -2.50. The van der Waals surface area contributed by atoms with Crippen molar-refractivity contribution < 1.29 is 10.2 Å². The standard InChI is InChI=1S/C20H23NO2/c1-13-14(2)19-15(10-18(13)23)11-20(8-3-9-20)12-21(19)16-4-6-17(22)7-5-16/h4-7,10,22-23H,3,8-9,11-12H2,1-2H3. The molecule has 1 aliphatic carbocycles. The Morgan fingerprint density at radius 1 is 1.00 bits per heavy atom. The van der Waals surface area contributed by atoms with Crippen molar-refractivity contribution in [1.82, 2.24) is 0 Å². The van der Waals surface area contributed by atoms with Crippen LogP contribution in [0.3, 0.4) is 0 Å². The zero-order valence-corrected chi connectivity index (χ0v) is 13.8. The van der Waals surface area contributed by atoms with E-state index in [0.29, 0.717) is 16.9 Å². The van der Waals surface area contributed by atoms with Crippen LogP contribution in [0.5, 0.6) is 11.5 Å². The number of fused-ring (bicyclic) bond motifs is 1. The second-order valence-corrected chi connectivity index (χ2v) is 7.29. The first-order valence-electron chi connectivity index (χ1n) is 8.38. The van der Waals surface area contributed by atoms with Crippen molar-refractivity contribution in [2.75, 3.05) is 11.4 Å². The molecule has 2 aromatic carbocycles. The maximum atomic E-state index is 10.3. The summed E-state index contributed by atoms with van der Waals surface area (Å²) in [6, 6.07) is 9.43. The first-order chi connectivity index (χ1) is 11.0. The van der Waals surface area contributed by atoms with Gasteiger partial charge in [-0.05, 0) is 85.5 Å². The second-order valence-electron chi connectivity index (χ2n) is 7.29. The molecule has 1 heterocycles. The van der Waals surface area contributed by atoms with Gasteiger partial charge in [-0.15, -0.1) is 0 Å². The van der Waals surface area contributed by atoms with Gasteiger partial charge in [-0.2, -0.15) is 0 Å². The Balaban J connectivity index is 1.88. The zero-order valence-electron chi connectivity index (χ0n) is 13.8. The summed E-state index contributed by atoms with van der Waals surface area (Å²) in [4.78, 5) is 2.39. The SMILES string of the molecule is Cc1c(O)cc2c(c1C)N(c1ccc(O)cc1)CC1(CCC1)C2. The van der Waals surface area contributed by atoms with Gasteiger partial charge in [-0.1, -0.05) is 6.42 Å². The molecule has 0 bridgehead atoms. The smallest absolute Gasteiger partial charge is 0.119 e. The second kappa shape index (κ2) is 4.92. The van der Waals surface area contributed by atoms with Crippen LogP contribution < -0.4 is 4.90 Å². The average molecular weight is 309 g/mol. The van der Waals surface area contributed by atoms with E-state index in [1.807, 2.05) is 25.1 Å². The van der Waals surface area contributed by atoms with E-state index in [1.165, 1.54) is 30.5 Å². The van der Waals surface area contributed by atoms with Gasteiger partial charge in [0.2, 0.25) is 0 Å². The van der Waals surface area contributed by atoms with Crippen LogP contribution in [0.4, 0.5) is 11.4 Å². The number of hydrogen-bond acceptors (Lipinski definition) is 3. The molecule has 0 amide bonds. The van der Waals surface area contributed by atoms with Gasteiger partial charge < -0.3 is 15.1 Å².